The fourth-order valence-electron chi connectivity index (χ4n) is 3.26. The summed E-state index contributed by atoms with van der Waals surface area (Å²) in [7, 11) is 0. The first-order valence-corrected chi connectivity index (χ1v) is 9.83. The molecule has 3 rings (SSSR count). The van der Waals surface area contributed by atoms with Crippen molar-refractivity contribution in [1.29, 1.82) is 0 Å². The zero-order chi connectivity index (χ0) is 19.1. The quantitative estimate of drug-likeness (QED) is 0.491. The van der Waals surface area contributed by atoms with E-state index in [0.717, 1.165) is 42.6 Å². The Morgan fingerprint density at radius 2 is 1.70 bits per heavy atom. The SMILES string of the molecule is CCCCCC1NC(=S)NC(c2ccccc2)=C1C(=O)Nc1ccccc1. The Labute approximate surface area is 166 Å². The van der Waals surface area contributed by atoms with Crippen molar-refractivity contribution in [3.8, 4) is 0 Å². The molecule has 0 fully saturated rings. The van der Waals surface area contributed by atoms with E-state index < -0.39 is 0 Å². The molecule has 0 spiro atoms. The predicted octanol–water partition coefficient (Wildman–Crippen LogP) is 4.46. The minimum Gasteiger partial charge on any atom is -0.355 e. The van der Waals surface area contributed by atoms with Gasteiger partial charge >= 0.3 is 0 Å². The number of hydrogen-bond donors (Lipinski definition) is 3. The third-order valence-electron chi connectivity index (χ3n) is 4.60. The van der Waals surface area contributed by atoms with E-state index in [2.05, 4.69) is 22.9 Å². The molecule has 1 aliphatic rings. The standard InChI is InChI=1S/C22H25N3OS/c1-2-3-6-15-18-19(21(26)23-17-13-9-5-10-14-17)20(25-22(27)24-18)16-11-7-4-8-12-16/h4-5,7-14,18H,2-3,6,15H2,1H3,(H,23,26)(H2,24,25,27). The van der Waals surface area contributed by atoms with Crippen molar-refractivity contribution < 1.29 is 4.79 Å². The number of amides is 1. The smallest absolute Gasteiger partial charge is 0.255 e. The molecule has 2 aromatic carbocycles. The van der Waals surface area contributed by atoms with Gasteiger partial charge in [-0.2, -0.15) is 0 Å². The lowest BCUT2D eigenvalue weighted by molar-refractivity contribution is -0.113. The summed E-state index contributed by atoms with van der Waals surface area (Å²) in [6, 6.07) is 19.3. The van der Waals surface area contributed by atoms with Crippen molar-refractivity contribution in [3.63, 3.8) is 0 Å². The lowest BCUT2D eigenvalue weighted by atomic mass is 9.93. The van der Waals surface area contributed by atoms with Crippen molar-refractivity contribution >= 4 is 34.6 Å². The molecule has 0 saturated heterocycles. The van der Waals surface area contributed by atoms with Crippen LogP contribution in [0.3, 0.4) is 0 Å². The van der Waals surface area contributed by atoms with Crippen molar-refractivity contribution in [2.24, 2.45) is 0 Å². The molecule has 2 aromatic rings. The molecule has 1 unspecified atom stereocenters. The van der Waals surface area contributed by atoms with Gasteiger partial charge in [0.05, 0.1) is 17.3 Å². The molecule has 27 heavy (non-hydrogen) atoms. The summed E-state index contributed by atoms with van der Waals surface area (Å²) >= 11 is 5.42. The molecule has 5 heteroatoms. The summed E-state index contributed by atoms with van der Waals surface area (Å²) in [5.74, 6) is -0.107. The van der Waals surface area contributed by atoms with Crippen LogP contribution in [0.25, 0.3) is 5.70 Å². The van der Waals surface area contributed by atoms with Crippen LogP contribution in [0.2, 0.25) is 0 Å². The third-order valence-corrected chi connectivity index (χ3v) is 4.82. The monoisotopic (exact) mass is 379 g/mol. The maximum Gasteiger partial charge on any atom is 0.255 e. The van der Waals surface area contributed by atoms with E-state index >= 15 is 0 Å². The molecule has 0 aromatic heterocycles. The first-order chi connectivity index (χ1) is 13.2. The van der Waals surface area contributed by atoms with Crippen LogP contribution in [0.1, 0.15) is 38.2 Å². The van der Waals surface area contributed by atoms with Gasteiger partial charge in [0, 0.05) is 5.69 Å². The molecule has 0 bridgehead atoms. The highest BCUT2D eigenvalue weighted by Gasteiger charge is 2.30. The van der Waals surface area contributed by atoms with Gasteiger partial charge in [0.15, 0.2) is 5.11 Å². The predicted molar refractivity (Wildman–Crippen MR) is 115 cm³/mol. The number of unbranched alkanes of at least 4 members (excludes halogenated alkanes) is 2. The molecule has 0 aliphatic carbocycles. The van der Waals surface area contributed by atoms with E-state index in [9.17, 15) is 4.79 Å². The van der Waals surface area contributed by atoms with E-state index in [0.29, 0.717) is 10.7 Å². The van der Waals surface area contributed by atoms with E-state index in [4.69, 9.17) is 12.2 Å². The number of benzene rings is 2. The van der Waals surface area contributed by atoms with Gasteiger partial charge in [-0.3, -0.25) is 4.79 Å². The molecule has 0 radical (unpaired) electrons. The highest BCUT2D eigenvalue weighted by atomic mass is 32.1. The second-order valence-corrected chi connectivity index (χ2v) is 7.03. The first kappa shape index (κ1) is 19.1. The van der Waals surface area contributed by atoms with E-state index in [1.165, 1.54) is 0 Å². The van der Waals surface area contributed by atoms with Gasteiger partial charge in [-0.25, -0.2) is 0 Å². The first-order valence-electron chi connectivity index (χ1n) is 9.42. The largest absolute Gasteiger partial charge is 0.355 e. The molecule has 4 nitrogen and oxygen atoms in total. The van der Waals surface area contributed by atoms with E-state index in [1.54, 1.807) is 0 Å². The summed E-state index contributed by atoms with van der Waals surface area (Å²) < 4.78 is 0. The molecular weight excluding hydrogens is 354 g/mol. The summed E-state index contributed by atoms with van der Waals surface area (Å²) in [6.07, 6.45) is 4.17. The van der Waals surface area contributed by atoms with Crippen LogP contribution >= 0.6 is 12.2 Å². The number of nitrogens with one attached hydrogen (secondary N) is 3. The van der Waals surface area contributed by atoms with Crippen LogP contribution < -0.4 is 16.0 Å². The minimum atomic E-state index is -0.107. The second kappa shape index (κ2) is 9.33. The van der Waals surface area contributed by atoms with Crippen LogP contribution in [0.15, 0.2) is 66.2 Å². The molecule has 1 aliphatic heterocycles. The van der Waals surface area contributed by atoms with Gasteiger partial charge in [0.1, 0.15) is 0 Å². The van der Waals surface area contributed by atoms with Crippen molar-refractivity contribution in [2.45, 2.75) is 38.6 Å². The molecule has 1 heterocycles. The maximum atomic E-state index is 13.2. The number of thiocarbonyl (C=S) groups is 1. The third kappa shape index (κ3) is 4.95. The van der Waals surface area contributed by atoms with Crippen LogP contribution in [-0.2, 0) is 4.79 Å². The van der Waals surface area contributed by atoms with Gasteiger partial charge in [-0.05, 0) is 36.3 Å². The Balaban J connectivity index is 1.97. The van der Waals surface area contributed by atoms with Crippen molar-refractivity contribution in [3.05, 3.63) is 71.8 Å². The van der Waals surface area contributed by atoms with Crippen LogP contribution in [0, 0.1) is 0 Å². The van der Waals surface area contributed by atoms with E-state index in [-0.39, 0.29) is 11.9 Å². The number of carbonyl (C=O) groups excluding carboxylic acids is 1. The lowest BCUT2D eigenvalue weighted by Crippen LogP contribution is -2.50. The Hall–Kier alpha value is -2.66. The Kier molecular flexibility index (Phi) is 6.60. The second-order valence-electron chi connectivity index (χ2n) is 6.62. The minimum absolute atomic E-state index is 0.107. The van der Waals surface area contributed by atoms with Gasteiger partial charge in [0.2, 0.25) is 0 Å². The van der Waals surface area contributed by atoms with Crippen molar-refractivity contribution in [1.82, 2.24) is 10.6 Å². The number of rotatable bonds is 7. The zero-order valence-corrected chi connectivity index (χ0v) is 16.3. The van der Waals surface area contributed by atoms with Gasteiger partial charge < -0.3 is 16.0 Å². The van der Waals surface area contributed by atoms with Crippen molar-refractivity contribution in [2.75, 3.05) is 5.32 Å². The topological polar surface area (TPSA) is 53.2 Å². The average Bonchev–Trinajstić information content (AvgIpc) is 2.69. The average molecular weight is 380 g/mol. The fourth-order valence-corrected chi connectivity index (χ4v) is 3.51. The zero-order valence-electron chi connectivity index (χ0n) is 15.5. The highest BCUT2D eigenvalue weighted by Crippen LogP contribution is 2.26. The number of anilines is 1. The van der Waals surface area contributed by atoms with E-state index in [1.807, 2.05) is 60.7 Å². The van der Waals surface area contributed by atoms with Gasteiger partial charge in [0.25, 0.3) is 5.91 Å². The van der Waals surface area contributed by atoms with Crippen LogP contribution in [0.4, 0.5) is 5.69 Å². The summed E-state index contributed by atoms with van der Waals surface area (Å²) in [5, 5.41) is 10.1. The number of hydrogen-bond acceptors (Lipinski definition) is 2. The molecule has 3 N–H and O–H groups in total. The summed E-state index contributed by atoms with van der Waals surface area (Å²) in [6.45, 7) is 2.18. The molecular formula is C22H25N3OS. The lowest BCUT2D eigenvalue weighted by Gasteiger charge is -2.31. The maximum absolute atomic E-state index is 13.2. The van der Waals surface area contributed by atoms with Gasteiger partial charge in [-0.15, -0.1) is 0 Å². The molecule has 1 amide bonds. The van der Waals surface area contributed by atoms with Crippen LogP contribution in [0.5, 0.6) is 0 Å². The summed E-state index contributed by atoms with van der Waals surface area (Å²) in [5.41, 5.74) is 3.23. The Morgan fingerprint density at radius 3 is 2.37 bits per heavy atom. The highest BCUT2D eigenvalue weighted by molar-refractivity contribution is 7.80. The summed E-state index contributed by atoms with van der Waals surface area (Å²) in [4.78, 5) is 13.2. The number of carbonyl (C=O) groups is 1. The normalized spacial score (nSPS) is 16.5. The van der Waals surface area contributed by atoms with Gasteiger partial charge in [-0.1, -0.05) is 74.7 Å². The molecule has 140 valence electrons. The van der Waals surface area contributed by atoms with Crippen LogP contribution in [-0.4, -0.2) is 17.1 Å². The molecule has 1 atom stereocenters. The fraction of sp³-hybridized carbons (Fsp3) is 0.273. The molecule has 0 saturated carbocycles. The Morgan fingerprint density at radius 1 is 1.04 bits per heavy atom. The Bertz CT molecular complexity index is 818. The number of para-hydroxylation sites is 1.